The molecule has 0 saturated heterocycles. The molecule has 3 rings (SSSR count). The van der Waals surface area contributed by atoms with Crippen LogP contribution in [0.1, 0.15) is 21.7 Å². The van der Waals surface area contributed by atoms with Crippen molar-refractivity contribution in [2.24, 2.45) is 0 Å². The first kappa shape index (κ1) is 14.0. The first-order valence-electron chi connectivity index (χ1n) is 7.29. The molecule has 21 heavy (non-hydrogen) atoms. The molecule has 0 bridgehead atoms. The van der Waals surface area contributed by atoms with Crippen LogP contribution in [0.2, 0.25) is 0 Å². The van der Waals surface area contributed by atoms with E-state index in [1.165, 1.54) is 27.3 Å². The smallest absolute Gasteiger partial charge is 0.123 e. The average molecular weight is 293 g/mol. The molecule has 0 aliphatic carbocycles. The Kier molecular flexibility index (Phi) is 4.16. The highest BCUT2D eigenvalue weighted by molar-refractivity contribution is 7.15. The van der Waals surface area contributed by atoms with Gasteiger partial charge in [0.15, 0.2) is 0 Å². The predicted molar refractivity (Wildman–Crippen MR) is 90.9 cm³/mol. The molecule has 1 aromatic heterocycles. The Morgan fingerprint density at radius 2 is 1.57 bits per heavy atom. The third kappa shape index (κ3) is 3.40. The quantitative estimate of drug-likeness (QED) is 0.643. The first-order chi connectivity index (χ1) is 10.2. The van der Waals surface area contributed by atoms with Gasteiger partial charge >= 0.3 is 0 Å². The van der Waals surface area contributed by atoms with E-state index in [1.807, 2.05) is 17.4 Å². The molecule has 3 aromatic rings. The average Bonchev–Trinajstić information content (AvgIpc) is 2.89. The minimum atomic E-state index is 1.07. The lowest BCUT2D eigenvalue weighted by atomic mass is 10.1. The van der Waals surface area contributed by atoms with E-state index in [-0.39, 0.29) is 0 Å². The maximum Gasteiger partial charge on any atom is 0.123 e. The second-order valence-electron chi connectivity index (χ2n) is 5.38. The molecule has 0 fully saturated rings. The molecule has 0 aliphatic rings. The van der Waals surface area contributed by atoms with E-state index in [2.05, 4.69) is 62.4 Å². The molecule has 1 heterocycles. The van der Waals surface area contributed by atoms with E-state index < -0.39 is 0 Å². The van der Waals surface area contributed by atoms with Gasteiger partial charge in [-0.1, -0.05) is 60.2 Å². The first-order valence-corrected chi connectivity index (χ1v) is 8.11. The molecule has 106 valence electrons. The van der Waals surface area contributed by atoms with Crippen LogP contribution < -0.4 is 0 Å². The number of aryl methyl sites for hydroxylation is 4. The summed E-state index contributed by atoms with van der Waals surface area (Å²) in [5.41, 5.74) is 5.10. The highest BCUT2D eigenvalue weighted by atomic mass is 32.1. The fourth-order valence-electron chi connectivity index (χ4n) is 2.38. The summed E-state index contributed by atoms with van der Waals surface area (Å²) in [5.74, 6) is 0. The molecule has 0 spiro atoms. The summed E-state index contributed by atoms with van der Waals surface area (Å²) < 4.78 is 0. The Morgan fingerprint density at radius 3 is 2.29 bits per heavy atom. The van der Waals surface area contributed by atoms with E-state index in [1.54, 1.807) is 0 Å². The van der Waals surface area contributed by atoms with E-state index in [9.17, 15) is 0 Å². The van der Waals surface area contributed by atoms with Crippen molar-refractivity contribution in [2.45, 2.75) is 26.7 Å². The molecule has 0 radical (unpaired) electrons. The van der Waals surface area contributed by atoms with Crippen molar-refractivity contribution >= 4 is 11.3 Å². The zero-order valence-electron chi connectivity index (χ0n) is 12.5. The highest BCUT2D eigenvalue weighted by Gasteiger charge is 2.09. The van der Waals surface area contributed by atoms with Gasteiger partial charge in [-0.05, 0) is 32.3 Å². The summed E-state index contributed by atoms with van der Waals surface area (Å²) in [5, 5.41) is 1.13. The molecular weight excluding hydrogens is 274 g/mol. The molecule has 0 unspecified atom stereocenters. The minimum Gasteiger partial charge on any atom is -0.241 e. The Hall–Kier alpha value is -1.93. The van der Waals surface area contributed by atoms with Crippen molar-refractivity contribution in [1.29, 1.82) is 0 Å². The van der Waals surface area contributed by atoms with Gasteiger partial charge < -0.3 is 0 Å². The predicted octanol–water partition coefficient (Wildman–Crippen LogP) is 5.21. The van der Waals surface area contributed by atoms with Crippen molar-refractivity contribution in [2.75, 3.05) is 0 Å². The van der Waals surface area contributed by atoms with Crippen molar-refractivity contribution in [3.63, 3.8) is 0 Å². The summed E-state index contributed by atoms with van der Waals surface area (Å²) in [7, 11) is 0. The molecule has 2 heteroatoms. The number of aromatic nitrogens is 1. The standard InChI is InChI=1S/C19H19NS/c1-14-8-10-16(11-9-14)12-13-18-15(2)20-19(21-18)17-6-4-3-5-7-17/h3-11H,12-13H2,1-2H3. The summed E-state index contributed by atoms with van der Waals surface area (Å²) >= 11 is 1.82. The van der Waals surface area contributed by atoms with E-state index in [0.29, 0.717) is 0 Å². The second kappa shape index (κ2) is 6.23. The molecular formula is C19H19NS. The van der Waals surface area contributed by atoms with Crippen molar-refractivity contribution < 1.29 is 0 Å². The minimum absolute atomic E-state index is 1.07. The van der Waals surface area contributed by atoms with Gasteiger partial charge in [0.2, 0.25) is 0 Å². The van der Waals surface area contributed by atoms with Gasteiger partial charge in [-0.15, -0.1) is 11.3 Å². The van der Waals surface area contributed by atoms with Gasteiger partial charge in [0, 0.05) is 10.4 Å². The highest BCUT2D eigenvalue weighted by Crippen LogP contribution is 2.28. The zero-order chi connectivity index (χ0) is 14.7. The topological polar surface area (TPSA) is 12.9 Å². The van der Waals surface area contributed by atoms with Crippen LogP contribution >= 0.6 is 11.3 Å². The van der Waals surface area contributed by atoms with Crippen molar-refractivity contribution in [3.05, 3.63) is 76.3 Å². The van der Waals surface area contributed by atoms with Gasteiger partial charge in [0.1, 0.15) is 5.01 Å². The third-order valence-electron chi connectivity index (χ3n) is 3.67. The lowest BCUT2D eigenvalue weighted by Crippen LogP contribution is -1.91. The Balaban J connectivity index is 1.74. The van der Waals surface area contributed by atoms with Crippen LogP contribution in [0.4, 0.5) is 0 Å². The zero-order valence-corrected chi connectivity index (χ0v) is 13.3. The van der Waals surface area contributed by atoms with Gasteiger partial charge in [-0.3, -0.25) is 0 Å². The molecule has 0 N–H and O–H groups in total. The molecule has 0 aliphatic heterocycles. The maximum atomic E-state index is 4.73. The lowest BCUT2D eigenvalue weighted by Gasteiger charge is -2.01. The lowest BCUT2D eigenvalue weighted by molar-refractivity contribution is 0.961. The van der Waals surface area contributed by atoms with E-state index >= 15 is 0 Å². The van der Waals surface area contributed by atoms with Gasteiger partial charge in [0.05, 0.1) is 5.69 Å². The Bertz CT molecular complexity index is 711. The fourth-order valence-corrected chi connectivity index (χ4v) is 3.44. The van der Waals surface area contributed by atoms with Crippen LogP contribution in [0, 0.1) is 13.8 Å². The summed E-state index contributed by atoms with van der Waals surface area (Å²) in [6.07, 6.45) is 2.15. The van der Waals surface area contributed by atoms with E-state index in [4.69, 9.17) is 4.98 Å². The number of nitrogens with zero attached hydrogens (tertiary/aromatic N) is 1. The molecule has 0 atom stereocenters. The normalized spacial score (nSPS) is 10.8. The van der Waals surface area contributed by atoms with Crippen LogP contribution in [0.15, 0.2) is 54.6 Å². The van der Waals surface area contributed by atoms with Crippen LogP contribution in [0.5, 0.6) is 0 Å². The van der Waals surface area contributed by atoms with Crippen LogP contribution in [-0.2, 0) is 12.8 Å². The molecule has 1 nitrogen and oxygen atoms in total. The summed E-state index contributed by atoms with van der Waals surface area (Å²) in [6.45, 7) is 4.25. The SMILES string of the molecule is Cc1ccc(CCc2sc(-c3ccccc3)nc2C)cc1. The van der Waals surface area contributed by atoms with Gasteiger partial charge in [-0.2, -0.15) is 0 Å². The molecule has 2 aromatic carbocycles. The largest absolute Gasteiger partial charge is 0.241 e. The Morgan fingerprint density at radius 1 is 0.857 bits per heavy atom. The van der Waals surface area contributed by atoms with Crippen molar-refractivity contribution in [3.8, 4) is 10.6 Å². The number of hydrogen-bond acceptors (Lipinski definition) is 2. The second-order valence-corrected chi connectivity index (χ2v) is 6.46. The Labute approximate surface area is 130 Å². The van der Waals surface area contributed by atoms with Crippen LogP contribution in [0.3, 0.4) is 0 Å². The number of rotatable bonds is 4. The van der Waals surface area contributed by atoms with Gasteiger partial charge in [0.25, 0.3) is 0 Å². The molecule has 0 saturated carbocycles. The van der Waals surface area contributed by atoms with Crippen LogP contribution in [-0.4, -0.2) is 4.98 Å². The van der Waals surface area contributed by atoms with Crippen LogP contribution in [0.25, 0.3) is 10.6 Å². The summed E-state index contributed by atoms with van der Waals surface area (Å²) in [4.78, 5) is 6.12. The van der Waals surface area contributed by atoms with Crippen molar-refractivity contribution in [1.82, 2.24) is 4.98 Å². The van der Waals surface area contributed by atoms with E-state index in [0.717, 1.165) is 17.8 Å². The van der Waals surface area contributed by atoms with Gasteiger partial charge in [-0.25, -0.2) is 4.98 Å². The monoisotopic (exact) mass is 293 g/mol. The molecule has 0 amide bonds. The third-order valence-corrected chi connectivity index (χ3v) is 4.94. The number of hydrogen-bond donors (Lipinski definition) is 0. The summed E-state index contributed by atoms with van der Waals surface area (Å²) in [6, 6.07) is 19.3. The fraction of sp³-hybridized carbons (Fsp3) is 0.211. The maximum absolute atomic E-state index is 4.73. The number of thiazole rings is 1. The number of benzene rings is 2.